The Labute approximate surface area is 601 Å². The van der Waals surface area contributed by atoms with Crippen molar-refractivity contribution in [2.45, 2.75) is 151 Å². The Kier molecular flexibility index (Phi) is 29.1. The van der Waals surface area contributed by atoms with Crippen molar-refractivity contribution in [2.75, 3.05) is 84.3 Å². The number of carbonyl (C=O) groups excluding carboxylic acids is 7. The normalized spacial score (nSPS) is 24.6. The second kappa shape index (κ2) is 37.8. The smallest absolute Gasteiger partial charge is 0.261 e. The molecule has 103 heavy (non-hydrogen) atoms. The summed E-state index contributed by atoms with van der Waals surface area (Å²) in [6, 6.07) is 5.64. The fraction of sp³-hybridized carbons (Fsp3) is 0.567. The maximum Gasteiger partial charge on any atom is 0.261 e. The Hall–Kier alpha value is -7.76. The number of hydrogen-bond acceptors (Lipinski definition) is 28. The van der Waals surface area contributed by atoms with Gasteiger partial charge in [0.25, 0.3) is 18.2 Å². The number of aromatic nitrogens is 3. The van der Waals surface area contributed by atoms with Gasteiger partial charge < -0.3 is 106 Å². The summed E-state index contributed by atoms with van der Waals surface area (Å²) in [4.78, 5) is 112. The average molecular weight is 1480 g/mol. The number of aromatic hydroxyl groups is 1. The Morgan fingerprint density at radius 3 is 2.17 bits per heavy atom. The van der Waals surface area contributed by atoms with Crippen LogP contribution in [0.5, 0.6) is 11.5 Å². The van der Waals surface area contributed by atoms with Gasteiger partial charge in [0.2, 0.25) is 40.4 Å². The van der Waals surface area contributed by atoms with E-state index in [-0.39, 0.29) is 42.3 Å². The molecular weight excluding hydrogens is 1390 g/mol. The van der Waals surface area contributed by atoms with E-state index in [1.54, 1.807) is 30.0 Å². The number of unbranched alkanes of at least 4 members (excludes halogenated alkanes) is 2. The van der Waals surface area contributed by atoms with Crippen molar-refractivity contribution in [1.82, 2.24) is 56.3 Å². The third-order valence-corrected chi connectivity index (χ3v) is 20.1. The summed E-state index contributed by atoms with van der Waals surface area (Å²) in [6.07, 6.45) is -5.68. The SMILES string of the molecule is COCCCCCOCC1CCN(c2ccc(-c3nn4cc(-c5ccc(C(=O)N[C@H]6C[C@@H](O)CNC(=O)[C@@H]7[C@@H](O)[C@@H](C)CN7C(=O)[C@H]([C@H](O)CCNC(CO)CO)NC(=O)[C@H]([C@H](O)Cc7ccc(O)c(OSOOO)c7)NC(=O)[C@@H]7C[C@@H](O)CN7C(=O)[C@H]([C@@H](C)O)NC6=O)cc5)nc4s3)cc2)CC1. The Balaban J connectivity index is 0.939. The van der Waals surface area contributed by atoms with Crippen LogP contribution in [0.3, 0.4) is 0 Å². The second-order valence-electron chi connectivity index (χ2n) is 26.3. The first-order valence-electron chi connectivity index (χ1n) is 34.2. The van der Waals surface area contributed by atoms with Crippen LogP contribution < -0.4 is 41.0 Å². The maximum atomic E-state index is 15.0. The van der Waals surface area contributed by atoms with Crippen molar-refractivity contribution in [3.05, 3.63) is 84.1 Å². The number of β-amino-alcohol motifs (C(OH)–C–C–N with tert-alkyl or cyclic N) is 1. The minimum atomic E-state index is -2.16. The molecule has 4 aliphatic rings. The molecule has 4 fully saturated rings. The Bertz CT molecular complexity index is 3610. The standard InChI is InChI=1S/C67H92N12O22S2/c1-36-30-78-57(58(36)88)63(93)69-29-45(83)27-47(70-59(89)41-10-8-40(9-11-41)48-32-79-67(71-48)102-64(75-79)42-12-14-44(15-13-42)76-21-18-38(19-22-76)35-98-24-6-4-5-23-97-3)60(90)72-54(37(2)82)65(94)77-31-46(84)28-49(77)61(91)73-55(52(87)25-39-7-16-50(85)53(26-39)99-103-101-100-96)62(92)74-56(66(78)95)51(86)17-20-68-43(33-80)34-81/h7-16,26,32,36-38,43,45-47,49,51-52,54-58,68,80-88,96H,4-6,17-25,27-31,33-35H2,1-3H3,(H,69,93)(H,70,89)(H,72,90)(H,73,91)(H,74,92)/t36-,37+,45+,46+,47-,49-,51+,52+,54-,55-,56-,57-,58-/m0/s1. The van der Waals surface area contributed by atoms with Gasteiger partial charge in [-0.15, -0.1) is 0 Å². The number of hydrogen-bond donors (Lipinski definition) is 16. The maximum absolute atomic E-state index is 15.0. The summed E-state index contributed by atoms with van der Waals surface area (Å²) < 4.78 is 22.2. The number of phenols is 1. The largest absolute Gasteiger partial charge is 0.504 e. The van der Waals surface area contributed by atoms with E-state index in [1.165, 1.54) is 36.5 Å². The van der Waals surface area contributed by atoms with E-state index in [1.807, 2.05) is 12.1 Å². The first-order chi connectivity index (χ1) is 49.5. The highest BCUT2D eigenvalue weighted by Gasteiger charge is 2.50. The molecular formula is C67H92N12O22S2. The lowest BCUT2D eigenvalue weighted by Gasteiger charge is -2.34. The topological polar surface area (TPSA) is 480 Å². The van der Waals surface area contributed by atoms with Crippen LogP contribution >= 0.6 is 23.7 Å². The molecule has 0 aliphatic carbocycles. The van der Waals surface area contributed by atoms with Gasteiger partial charge in [-0.25, -0.2) is 14.8 Å². The van der Waals surface area contributed by atoms with Crippen LogP contribution in [0, 0.1) is 11.8 Å². The highest BCUT2D eigenvalue weighted by molar-refractivity contribution is 7.90. The van der Waals surface area contributed by atoms with Crippen molar-refractivity contribution in [3.63, 3.8) is 0 Å². The summed E-state index contributed by atoms with van der Waals surface area (Å²) in [5.74, 6) is -9.10. The molecule has 0 saturated carbocycles. The number of carbonyl (C=O) groups is 7. The van der Waals surface area contributed by atoms with Crippen LogP contribution in [-0.2, 0) is 54.0 Å². The van der Waals surface area contributed by atoms with Crippen LogP contribution in [-0.4, -0.2) is 275 Å². The van der Waals surface area contributed by atoms with Gasteiger partial charge in [-0.2, -0.15) is 5.10 Å². The predicted molar refractivity (Wildman–Crippen MR) is 370 cm³/mol. The quantitative estimate of drug-likeness (QED) is 0.0118. The lowest BCUT2D eigenvalue weighted by Crippen LogP contribution is -2.64. The van der Waals surface area contributed by atoms with E-state index in [0.717, 1.165) is 110 Å². The fourth-order valence-corrected chi connectivity index (χ4v) is 14.1. The van der Waals surface area contributed by atoms with E-state index in [4.69, 9.17) is 29.0 Å². The summed E-state index contributed by atoms with van der Waals surface area (Å²) in [7, 11) is 1.72. The third kappa shape index (κ3) is 20.8. The van der Waals surface area contributed by atoms with E-state index >= 15 is 4.79 Å². The number of aliphatic hydroxyl groups is 8. The summed E-state index contributed by atoms with van der Waals surface area (Å²) in [5, 5.41) is 132. The van der Waals surface area contributed by atoms with Crippen molar-refractivity contribution >= 4 is 75.7 Å². The minimum Gasteiger partial charge on any atom is -0.504 e. The van der Waals surface area contributed by atoms with Crippen molar-refractivity contribution in [1.29, 1.82) is 0 Å². The van der Waals surface area contributed by atoms with Gasteiger partial charge in [0.1, 0.15) is 41.3 Å². The van der Waals surface area contributed by atoms with Crippen molar-refractivity contribution in [2.24, 2.45) is 11.8 Å². The number of aliphatic hydroxyl groups excluding tert-OH is 8. The van der Waals surface area contributed by atoms with Gasteiger partial charge in [0.05, 0.1) is 67.8 Å². The summed E-state index contributed by atoms with van der Waals surface area (Å²) in [5.41, 5.74) is 3.29. The third-order valence-electron chi connectivity index (χ3n) is 18.8. The van der Waals surface area contributed by atoms with Crippen molar-refractivity contribution in [3.8, 4) is 33.3 Å². The van der Waals surface area contributed by atoms with Crippen LogP contribution in [0.2, 0.25) is 0 Å². The summed E-state index contributed by atoms with van der Waals surface area (Å²) in [6.45, 7) is 3.87. The number of phenolic OH excluding ortho intramolecular Hbond substituents is 1. The first-order valence-corrected chi connectivity index (χ1v) is 35.6. The molecule has 34 nitrogen and oxygen atoms in total. The lowest BCUT2D eigenvalue weighted by atomic mass is 9.97. The molecule has 564 valence electrons. The second-order valence-corrected chi connectivity index (χ2v) is 27.7. The van der Waals surface area contributed by atoms with Gasteiger partial charge in [-0.05, 0) is 112 Å². The predicted octanol–water partition coefficient (Wildman–Crippen LogP) is -1.48. The molecule has 4 aliphatic heterocycles. The highest BCUT2D eigenvalue weighted by Crippen LogP contribution is 2.34. The molecule has 16 N–H and O–H groups in total. The number of piperidine rings is 1. The Morgan fingerprint density at radius 1 is 0.786 bits per heavy atom. The van der Waals surface area contributed by atoms with Crippen molar-refractivity contribution < 1.29 is 108 Å². The zero-order valence-electron chi connectivity index (χ0n) is 57.1. The highest BCUT2D eigenvalue weighted by atomic mass is 32.2. The number of ether oxygens (including phenoxy) is 2. The van der Waals surface area contributed by atoms with Crippen LogP contribution in [0.4, 0.5) is 5.69 Å². The number of nitrogens with one attached hydrogen (secondary N) is 6. The number of methoxy groups -OCH3 is 1. The van der Waals surface area contributed by atoms with Gasteiger partial charge >= 0.3 is 0 Å². The molecule has 0 unspecified atom stereocenters. The van der Waals surface area contributed by atoms with E-state index < -0.39 is 184 Å². The minimum absolute atomic E-state index is 0.0126. The van der Waals surface area contributed by atoms with Crippen LogP contribution in [0.15, 0.2) is 72.9 Å². The molecule has 0 spiro atoms. The lowest BCUT2D eigenvalue weighted by molar-refractivity contribution is -0.433. The van der Waals surface area contributed by atoms with E-state index in [9.17, 15) is 74.7 Å². The van der Waals surface area contributed by atoms with Crippen LogP contribution in [0.1, 0.15) is 81.1 Å². The zero-order chi connectivity index (χ0) is 74.0. The molecule has 3 aromatic carbocycles. The van der Waals surface area contributed by atoms with E-state index in [0.29, 0.717) is 22.1 Å². The van der Waals surface area contributed by atoms with Gasteiger partial charge in [0.15, 0.2) is 11.5 Å². The number of imidazole rings is 1. The molecule has 5 aromatic rings. The number of rotatable bonds is 28. The molecule has 13 atom stereocenters. The monoisotopic (exact) mass is 1480 g/mol. The molecule has 0 radical (unpaired) electrons. The molecule has 2 aromatic heterocycles. The molecule has 9 rings (SSSR count). The number of fused-ring (bicyclic) bond motifs is 3. The number of nitrogens with zero attached hydrogens (tertiary/aromatic N) is 6. The van der Waals surface area contributed by atoms with Gasteiger partial charge in [0, 0.05) is 107 Å². The number of benzene rings is 3. The van der Waals surface area contributed by atoms with Crippen LogP contribution in [0.25, 0.3) is 26.8 Å². The molecule has 4 saturated heterocycles. The zero-order valence-corrected chi connectivity index (χ0v) is 58.7. The first kappa shape index (κ1) is 79.4. The summed E-state index contributed by atoms with van der Waals surface area (Å²) >= 11 is 1.46. The van der Waals surface area contributed by atoms with Gasteiger partial charge in [-0.1, -0.05) is 45.8 Å². The molecule has 36 heteroatoms. The average Bonchev–Trinajstić information content (AvgIpc) is 1.74. The van der Waals surface area contributed by atoms with Gasteiger partial charge in [-0.3, -0.25) is 33.6 Å². The molecule has 0 bridgehead atoms. The van der Waals surface area contributed by atoms with E-state index in [2.05, 4.69) is 58.3 Å². The number of amides is 7. The fourth-order valence-electron chi connectivity index (χ4n) is 12.9. The molecule has 7 amide bonds. The molecule has 6 heterocycles. The number of anilines is 1. The Morgan fingerprint density at radius 2 is 1.48 bits per heavy atom.